The molecule has 0 spiro atoms. The molecule has 0 aliphatic carbocycles. The zero-order valence-electron chi connectivity index (χ0n) is 15.4. The summed E-state index contributed by atoms with van der Waals surface area (Å²) in [6.07, 6.45) is -2.56. The van der Waals surface area contributed by atoms with E-state index in [1.54, 1.807) is 18.2 Å². The number of benzene rings is 2. The van der Waals surface area contributed by atoms with E-state index in [1.165, 1.54) is 24.1 Å². The Kier molecular flexibility index (Phi) is 5.60. The van der Waals surface area contributed by atoms with Crippen molar-refractivity contribution in [2.45, 2.75) is 11.1 Å². The van der Waals surface area contributed by atoms with Gasteiger partial charge in [-0.3, -0.25) is 3.97 Å². The van der Waals surface area contributed by atoms with Crippen LogP contribution in [0.2, 0.25) is 0 Å². The lowest BCUT2D eigenvalue weighted by Gasteiger charge is -2.31. The van der Waals surface area contributed by atoms with Gasteiger partial charge in [-0.15, -0.1) is 0 Å². The average Bonchev–Trinajstić information content (AvgIpc) is 3.09. The van der Waals surface area contributed by atoms with Gasteiger partial charge in [0.05, 0.1) is 11.2 Å². The number of hydrogen-bond donors (Lipinski definition) is 1. The standard InChI is InChI=1S/C20H19F4N3OS/c21-15-2-1-14-5-8-27(17(14)11-15)29-16-3-4-19(28-13-20(22,23)24)18(12-16)26-9-6-25-7-10-26/h1-5,8,11-12,25H,6-7,9-10,13H2. The number of rotatable bonds is 5. The highest BCUT2D eigenvalue weighted by atomic mass is 32.2. The fraction of sp³-hybridized carbons (Fsp3) is 0.300. The third-order valence-corrected chi connectivity index (χ3v) is 5.58. The van der Waals surface area contributed by atoms with Crippen molar-refractivity contribution in [1.29, 1.82) is 0 Å². The summed E-state index contributed by atoms with van der Waals surface area (Å²) in [6, 6.07) is 11.6. The van der Waals surface area contributed by atoms with Crippen LogP contribution in [0.5, 0.6) is 5.75 Å². The third kappa shape index (κ3) is 4.79. The van der Waals surface area contributed by atoms with Crippen LogP contribution in [0.15, 0.2) is 53.6 Å². The summed E-state index contributed by atoms with van der Waals surface area (Å²) in [4.78, 5) is 2.83. The minimum Gasteiger partial charge on any atom is -0.482 e. The highest BCUT2D eigenvalue weighted by Crippen LogP contribution is 2.36. The highest BCUT2D eigenvalue weighted by Gasteiger charge is 2.29. The van der Waals surface area contributed by atoms with E-state index in [1.807, 2.05) is 27.2 Å². The van der Waals surface area contributed by atoms with E-state index >= 15 is 0 Å². The van der Waals surface area contributed by atoms with Gasteiger partial charge in [-0.05, 0) is 54.4 Å². The molecule has 3 aromatic rings. The van der Waals surface area contributed by atoms with Gasteiger partial charge in [-0.2, -0.15) is 13.2 Å². The van der Waals surface area contributed by atoms with E-state index in [0.717, 1.165) is 28.9 Å². The quantitative estimate of drug-likeness (QED) is 0.601. The summed E-state index contributed by atoms with van der Waals surface area (Å²) in [5, 5.41) is 4.14. The molecular weight excluding hydrogens is 406 g/mol. The Balaban J connectivity index is 1.63. The molecule has 9 heteroatoms. The SMILES string of the molecule is Fc1ccc2ccn(Sc3ccc(OCC(F)(F)F)c(N4CCNCC4)c3)c2c1. The van der Waals surface area contributed by atoms with Crippen molar-refractivity contribution >= 4 is 28.5 Å². The summed E-state index contributed by atoms with van der Waals surface area (Å²) in [5.74, 6) is -0.118. The van der Waals surface area contributed by atoms with Gasteiger partial charge in [0.25, 0.3) is 0 Å². The van der Waals surface area contributed by atoms with Crippen LogP contribution in [0.1, 0.15) is 0 Å². The Bertz CT molecular complexity index is 999. The average molecular weight is 425 g/mol. The fourth-order valence-corrected chi connectivity index (χ4v) is 4.16. The molecule has 4 rings (SSSR count). The number of hydrogen-bond acceptors (Lipinski definition) is 4. The van der Waals surface area contributed by atoms with E-state index in [9.17, 15) is 17.6 Å². The van der Waals surface area contributed by atoms with E-state index in [0.29, 0.717) is 18.8 Å². The van der Waals surface area contributed by atoms with Gasteiger partial charge in [-0.25, -0.2) is 4.39 Å². The first-order valence-corrected chi connectivity index (χ1v) is 9.91. The Hall–Kier alpha value is -2.39. The Morgan fingerprint density at radius 1 is 1.03 bits per heavy atom. The van der Waals surface area contributed by atoms with Crippen LogP contribution in [0.4, 0.5) is 23.2 Å². The van der Waals surface area contributed by atoms with E-state index < -0.39 is 12.8 Å². The number of alkyl halides is 3. The molecule has 0 atom stereocenters. The van der Waals surface area contributed by atoms with Crippen LogP contribution in [0.25, 0.3) is 10.9 Å². The molecule has 0 bridgehead atoms. The fourth-order valence-electron chi connectivity index (χ4n) is 3.26. The second-order valence-corrected chi connectivity index (χ2v) is 7.75. The van der Waals surface area contributed by atoms with Crippen molar-refractivity contribution in [3.05, 3.63) is 54.5 Å². The van der Waals surface area contributed by atoms with Crippen LogP contribution < -0.4 is 15.0 Å². The molecule has 29 heavy (non-hydrogen) atoms. The maximum absolute atomic E-state index is 13.6. The van der Waals surface area contributed by atoms with Crippen LogP contribution in [-0.4, -0.2) is 42.9 Å². The number of fused-ring (bicyclic) bond motifs is 1. The molecule has 154 valence electrons. The molecule has 0 unspecified atom stereocenters. The Labute approximate surface area is 169 Å². The van der Waals surface area contributed by atoms with E-state index in [-0.39, 0.29) is 11.6 Å². The molecule has 1 fully saturated rings. The second-order valence-electron chi connectivity index (χ2n) is 6.71. The first-order valence-electron chi connectivity index (χ1n) is 9.13. The minimum absolute atomic E-state index is 0.206. The molecule has 0 saturated carbocycles. The van der Waals surface area contributed by atoms with E-state index in [4.69, 9.17) is 4.74 Å². The molecule has 0 amide bonds. The third-order valence-electron chi connectivity index (χ3n) is 4.60. The number of ether oxygens (including phenoxy) is 1. The van der Waals surface area contributed by atoms with Crippen molar-refractivity contribution in [2.75, 3.05) is 37.7 Å². The van der Waals surface area contributed by atoms with Crippen molar-refractivity contribution in [2.24, 2.45) is 0 Å². The molecule has 4 nitrogen and oxygen atoms in total. The normalized spacial score (nSPS) is 15.1. The molecule has 1 aliphatic rings. The van der Waals surface area contributed by atoms with E-state index in [2.05, 4.69) is 5.32 Å². The molecule has 1 N–H and O–H groups in total. The first-order chi connectivity index (χ1) is 13.9. The molecule has 2 aromatic carbocycles. The van der Waals surface area contributed by atoms with Crippen molar-refractivity contribution in [3.63, 3.8) is 0 Å². The largest absolute Gasteiger partial charge is 0.482 e. The van der Waals surface area contributed by atoms with Crippen LogP contribution in [0.3, 0.4) is 0 Å². The van der Waals surface area contributed by atoms with Gasteiger partial charge in [0.1, 0.15) is 11.6 Å². The molecule has 1 saturated heterocycles. The zero-order chi connectivity index (χ0) is 20.4. The van der Waals surface area contributed by atoms with Gasteiger partial charge in [0, 0.05) is 42.7 Å². The number of halogens is 4. The number of anilines is 1. The Morgan fingerprint density at radius 3 is 2.59 bits per heavy atom. The number of nitrogens with zero attached hydrogens (tertiary/aromatic N) is 2. The van der Waals surface area contributed by atoms with Crippen LogP contribution >= 0.6 is 11.9 Å². The lowest BCUT2D eigenvalue weighted by Crippen LogP contribution is -2.43. The number of aromatic nitrogens is 1. The lowest BCUT2D eigenvalue weighted by atomic mass is 10.2. The number of piperazine rings is 1. The predicted octanol–water partition coefficient (Wildman–Crippen LogP) is 4.69. The highest BCUT2D eigenvalue weighted by molar-refractivity contribution is 7.98. The van der Waals surface area contributed by atoms with Gasteiger partial charge in [0.2, 0.25) is 0 Å². The van der Waals surface area contributed by atoms with Crippen molar-refractivity contribution in [1.82, 2.24) is 9.29 Å². The summed E-state index contributed by atoms with van der Waals surface area (Å²) in [7, 11) is 0. The predicted molar refractivity (Wildman–Crippen MR) is 106 cm³/mol. The van der Waals surface area contributed by atoms with Gasteiger partial charge < -0.3 is 15.0 Å². The molecule has 2 heterocycles. The minimum atomic E-state index is -4.40. The number of nitrogens with one attached hydrogen (secondary N) is 1. The summed E-state index contributed by atoms with van der Waals surface area (Å²) in [6.45, 7) is 1.51. The van der Waals surface area contributed by atoms with Crippen molar-refractivity contribution in [3.8, 4) is 5.75 Å². The first kappa shape index (κ1) is 19.9. The van der Waals surface area contributed by atoms with Gasteiger partial charge >= 0.3 is 6.18 Å². The van der Waals surface area contributed by atoms with Crippen LogP contribution in [0, 0.1) is 5.82 Å². The maximum Gasteiger partial charge on any atom is 0.422 e. The summed E-state index contributed by atoms with van der Waals surface area (Å²) in [5.41, 5.74) is 1.36. The molecular formula is C20H19F4N3OS. The zero-order valence-corrected chi connectivity index (χ0v) is 16.2. The molecule has 1 aromatic heterocycles. The topological polar surface area (TPSA) is 29.4 Å². The van der Waals surface area contributed by atoms with Gasteiger partial charge in [-0.1, -0.05) is 0 Å². The molecule has 1 aliphatic heterocycles. The maximum atomic E-state index is 13.6. The summed E-state index contributed by atoms with van der Waals surface area (Å²) < 4.78 is 58.5. The van der Waals surface area contributed by atoms with Crippen molar-refractivity contribution < 1.29 is 22.3 Å². The van der Waals surface area contributed by atoms with Crippen LogP contribution in [-0.2, 0) is 0 Å². The molecule has 0 radical (unpaired) electrons. The Morgan fingerprint density at radius 2 is 1.83 bits per heavy atom. The summed E-state index contributed by atoms with van der Waals surface area (Å²) >= 11 is 1.37. The van der Waals surface area contributed by atoms with Gasteiger partial charge in [0.15, 0.2) is 6.61 Å². The monoisotopic (exact) mass is 425 g/mol. The second kappa shape index (κ2) is 8.16. The smallest absolute Gasteiger partial charge is 0.422 e. The lowest BCUT2D eigenvalue weighted by molar-refractivity contribution is -0.153.